The molecule has 150 valence electrons. The van der Waals surface area contributed by atoms with Crippen LogP contribution < -0.4 is 10.2 Å². The fourth-order valence-corrected chi connectivity index (χ4v) is 3.94. The van der Waals surface area contributed by atoms with Crippen molar-refractivity contribution < 1.29 is 4.74 Å². The first kappa shape index (κ1) is 19.5. The lowest BCUT2D eigenvalue weighted by atomic mass is 10.0. The van der Waals surface area contributed by atoms with E-state index in [1.165, 1.54) is 11.1 Å². The van der Waals surface area contributed by atoms with Gasteiger partial charge >= 0.3 is 0 Å². The number of hydrogen-bond acceptors (Lipinski definition) is 7. The molecular weight excluding hydrogens is 384 g/mol. The van der Waals surface area contributed by atoms with E-state index in [0.717, 1.165) is 34.9 Å². The molecule has 1 aliphatic rings. The van der Waals surface area contributed by atoms with Crippen LogP contribution in [0.3, 0.4) is 0 Å². The molecule has 1 fully saturated rings. The van der Waals surface area contributed by atoms with Crippen molar-refractivity contribution in [2.24, 2.45) is 0 Å². The summed E-state index contributed by atoms with van der Waals surface area (Å²) in [5.74, 6) is 2.24. The number of nitrogens with zero attached hydrogens (tertiary/aromatic N) is 3. The minimum atomic E-state index is 0.229. The van der Waals surface area contributed by atoms with Gasteiger partial charge in [-0.15, -0.1) is 11.8 Å². The zero-order chi connectivity index (χ0) is 20.2. The number of aromatic nitrogens is 3. The Bertz CT molecular complexity index is 991. The number of thioether (sulfide) groups is 1. The molecule has 29 heavy (non-hydrogen) atoms. The smallest absolute Gasteiger partial charge is 0.143 e. The molecule has 3 aromatic rings. The van der Waals surface area contributed by atoms with Gasteiger partial charge in [0.2, 0.25) is 0 Å². The zero-order valence-electron chi connectivity index (χ0n) is 16.5. The lowest BCUT2D eigenvalue weighted by Gasteiger charge is -2.35. The molecule has 3 heterocycles. The fraction of sp³-hybridized carbons (Fsp3) is 0.286. The van der Waals surface area contributed by atoms with Crippen LogP contribution in [0.15, 0.2) is 47.5 Å². The molecule has 1 saturated heterocycles. The highest BCUT2D eigenvalue weighted by Crippen LogP contribution is 2.34. The predicted molar refractivity (Wildman–Crippen MR) is 119 cm³/mol. The summed E-state index contributed by atoms with van der Waals surface area (Å²) < 4.78 is 5.60. The highest BCUT2D eigenvalue weighted by Gasteiger charge is 2.23. The van der Waals surface area contributed by atoms with Crippen LogP contribution in [0.4, 0.5) is 17.5 Å². The summed E-state index contributed by atoms with van der Waals surface area (Å²) in [7, 11) is 0. The molecule has 7 nitrogen and oxygen atoms in total. The second-order valence-corrected chi connectivity index (χ2v) is 7.76. The van der Waals surface area contributed by atoms with Gasteiger partial charge in [0, 0.05) is 29.3 Å². The van der Waals surface area contributed by atoms with Crippen molar-refractivity contribution in [3.8, 4) is 11.1 Å². The number of hydrogen-bond donors (Lipinski definition) is 3. The predicted octanol–water partition coefficient (Wildman–Crippen LogP) is 4.16. The molecule has 0 radical (unpaired) electrons. The molecule has 8 heteroatoms. The van der Waals surface area contributed by atoms with Crippen LogP contribution in [0.5, 0.6) is 0 Å². The Balaban J connectivity index is 1.87. The zero-order valence-corrected chi connectivity index (χ0v) is 17.3. The summed E-state index contributed by atoms with van der Waals surface area (Å²) in [6.45, 7) is 4.28. The number of nitrogens with one attached hydrogen (secondary N) is 3. The average Bonchev–Trinajstić information content (AvgIpc) is 3.26. The Morgan fingerprint density at radius 3 is 2.97 bits per heavy atom. The van der Waals surface area contributed by atoms with Crippen molar-refractivity contribution in [3.05, 3.63) is 48.2 Å². The molecule has 4 rings (SSSR count). The molecule has 1 aliphatic heterocycles. The Labute approximate surface area is 174 Å². The minimum Gasteiger partial charge on any atom is -0.377 e. The van der Waals surface area contributed by atoms with Crippen molar-refractivity contribution in [2.75, 3.05) is 36.2 Å². The topological polar surface area (TPSA) is 89.9 Å². The van der Waals surface area contributed by atoms with Gasteiger partial charge in [-0.25, -0.2) is 4.98 Å². The Morgan fingerprint density at radius 1 is 1.34 bits per heavy atom. The summed E-state index contributed by atoms with van der Waals surface area (Å²) >= 11 is 1.70. The van der Waals surface area contributed by atoms with Crippen LogP contribution in [-0.2, 0) is 4.74 Å². The molecule has 1 atom stereocenters. The molecule has 0 saturated carbocycles. The highest BCUT2D eigenvalue weighted by molar-refractivity contribution is 7.98. The van der Waals surface area contributed by atoms with E-state index in [1.54, 1.807) is 18.0 Å². The molecule has 1 unspecified atom stereocenters. The number of H-pyrrole nitrogens is 1. The van der Waals surface area contributed by atoms with E-state index in [1.807, 2.05) is 12.1 Å². The van der Waals surface area contributed by atoms with E-state index < -0.39 is 0 Å². The molecule has 0 spiro atoms. The molecule has 3 N–H and O–H groups in total. The number of aromatic amines is 1. The second kappa shape index (κ2) is 8.67. The quantitative estimate of drug-likeness (QED) is 0.419. The van der Waals surface area contributed by atoms with Crippen LogP contribution >= 0.6 is 11.8 Å². The van der Waals surface area contributed by atoms with Crippen LogP contribution in [0, 0.1) is 5.41 Å². The minimum absolute atomic E-state index is 0.229. The first-order valence-corrected chi connectivity index (χ1v) is 10.7. The van der Waals surface area contributed by atoms with Gasteiger partial charge in [0.1, 0.15) is 17.5 Å². The number of rotatable bonds is 6. The van der Waals surface area contributed by atoms with E-state index >= 15 is 0 Å². The van der Waals surface area contributed by atoms with E-state index in [4.69, 9.17) is 15.1 Å². The van der Waals surface area contributed by atoms with Gasteiger partial charge in [-0.1, -0.05) is 12.1 Å². The van der Waals surface area contributed by atoms with Crippen LogP contribution in [-0.4, -0.2) is 53.5 Å². The Morgan fingerprint density at radius 2 is 2.24 bits per heavy atom. The molecule has 1 aromatic carbocycles. The number of morpholine rings is 1. The van der Waals surface area contributed by atoms with Gasteiger partial charge in [-0.2, -0.15) is 5.10 Å². The van der Waals surface area contributed by atoms with E-state index in [-0.39, 0.29) is 6.04 Å². The molecular formula is C21H24N6OS. The van der Waals surface area contributed by atoms with E-state index in [9.17, 15) is 0 Å². The second-order valence-electron chi connectivity index (χ2n) is 6.88. The van der Waals surface area contributed by atoms with Gasteiger partial charge in [-0.3, -0.25) is 5.10 Å². The standard InChI is InChI=1S/C21H24N6OS/c1-14-13-28-9-8-27(14)20-11-17(15-4-3-5-16(10-15)29-2)18(12-22)21(25-20)24-19-6-7-23-26-19/h3-7,10-12,14,22H,8-9,13H2,1-2H3,(H2,23,24,25,26). The first-order chi connectivity index (χ1) is 14.2. The normalized spacial score (nSPS) is 16.6. The lowest BCUT2D eigenvalue weighted by Crippen LogP contribution is -2.44. The number of ether oxygens (including phenoxy) is 1. The van der Waals surface area contributed by atoms with Crippen molar-refractivity contribution >= 4 is 35.4 Å². The van der Waals surface area contributed by atoms with E-state index in [2.05, 4.69) is 57.9 Å². The maximum Gasteiger partial charge on any atom is 0.143 e. The largest absolute Gasteiger partial charge is 0.377 e. The third-order valence-corrected chi connectivity index (χ3v) is 5.71. The SMILES string of the molecule is CSc1cccc(-c2cc(N3CCOCC3C)nc(Nc3ccn[nH]3)c2C=N)c1. The van der Waals surface area contributed by atoms with Crippen molar-refractivity contribution in [1.82, 2.24) is 15.2 Å². The maximum atomic E-state index is 8.09. The van der Waals surface area contributed by atoms with Gasteiger partial charge < -0.3 is 20.4 Å². The van der Waals surface area contributed by atoms with Crippen LogP contribution in [0.2, 0.25) is 0 Å². The number of anilines is 3. The third kappa shape index (κ3) is 4.13. The summed E-state index contributed by atoms with van der Waals surface area (Å²) in [5, 5.41) is 18.3. The van der Waals surface area contributed by atoms with Crippen LogP contribution in [0.1, 0.15) is 12.5 Å². The van der Waals surface area contributed by atoms with Gasteiger partial charge in [-0.05, 0) is 42.5 Å². The van der Waals surface area contributed by atoms with E-state index in [0.29, 0.717) is 19.0 Å². The van der Waals surface area contributed by atoms with Gasteiger partial charge in [0.15, 0.2) is 0 Å². The number of benzene rings is 1. The highest BCUT2D eigenvalue weighted by atomic mass is 32.2. The lowest BCUT2D eigenvalue weighted by molar-refractivity contribution is 0.0985. The molecule has 0 bridgehead atoms. The first-order valence-electron chi connectivity index (χ1n) is 9.50. The molecule has 0 amide bonds. The summed E-state index contributed by atoms with van der Waals surface area (Å²) in [4.78, 5) is 8.32. The maximum absolute atomic E-state index is 8.09. The van der Waals surface area contributed by atoms with Crippen molar-refractivity contribution in [3.63, 3.8) is 0 Å². The monoisotopic (exact) mass is 408 g/mol. The van der Waals surface area contributed by atoms with Gasteiger partial charge in [0.25, 0.3) is 0 Å². The van der Waals surface area contributed by atoms with Crippen molar-refractivity contribution in [2.45, 2.75) is 17.9 Å². The number of pyridine rings is 1. The Kier molecular flexibility index (Phi) is 5.82. The fourth-order valence-electron chi connectivity index (χ4n) is 3.48. The average molecular weight is 409 g/mol. The van der Waals surface area contributed by atoms with Gasteiger partial charge in [0.05, 0.1) is 25.5 Å². The molecule has 0 aliphatic carbocycles. The van der Waals surface area contributed by atoms with Crippen LogP contribution in [0.25, 0.3) is 11.1 Å². The summed E-state index contributed by atoms with van der Waals surface area (Å²) in [5.41, 5.74) is 2.77. The molecule has 2 aromatic heterocycles. The Hall–Kier alpha value is -2.84. The third-order valence-electron chi connectivity index (χ3n) is 4.99. The van der Waals surface area contributed by atoms with Crippen molar-refractivity contribution in [1.29, 1.82) is 5.41 Å². The summed E-state index contributed by atoms with van der Waals surface area (Å²) in [6, 6.07) is 12.5. The summed E-state index contributed by atoms with van der Waals surface area (Å²) in [6.07, 6.45) is 5.11.